The molecule has 17 heavy (non-hydrogen) atoms. The third-order valence-corrected chi connectivity index (χ3v) is 2.39. The number of halogens is 3. The molecule has 1 rings (SSSR count). The lowest BCUT2D eigenvalue weighted by Crippen LogP contribution is -2.37. The second-order valence-electron chi connectivity index (χ2n) is 3.67. The van der Waals surface area contributed by atoms with E-state index in [-0.39, 0.29) is 6.54 Å². The van der Waals surface area contributed by atoms with Crippen molar-refractivity contribution in [1.82, 2.24) is 5.32 Å². The van der Waals surface area contributed by atoms with Crippen molar-refractivity contribution in [2.75, 3.05) is 6.54 Å². The first-order valence-corrected chi connectivity index (χ1v) is 5.36. The smallest absolute Gasteiger partial charge is 0.348 e. The van der Waals surface area contributed by atoms with Gasteiger partial charge in [0.25, 0.3) is 0 Å². The maximum absolute atomic E-state index is 11.9. The van der Waals surface area contributed by atoms with Gasteiger partial charge in [-0.15, -0.1) is 0 Å². The van der Waals surface area contributed by atoms with Gasteiger partial charge in [0.1, 0.15) is 0 Å². The number of aryl methyl sites for hydroxylation is 1. The molecular weight excluding hydrogens is 231 g/mol. The van der Waals surface area contributed by atoms with Crippen molar-refractivity contribution >= 4 is 5.91 Å². The van der Waals surface area contributed by atoms with Crippen molar-refractivity contribution in [2.24, 2.45) is 0 Å². The number of amides is 1. The van der Waals surface area contributed by atoms with Gasteiger partial charge < -0.3 is 5.32 Å². The molecule has 2 nitrogen and oxygen atoms in total. The molecule has 1 amide bonds. The molecule has 0 aromatic heterocycles. The summed E-state index contributed by atoms with van der Waals surface area (Å²) in [6.07, 6.45) is -3.48. The van der Waals surface area contributed by atoms with Gasteiger partial charge in [0.15, 0.2) is 0 Å². The number of hydrogen-bond acceptors (Lipinski definition) is 1. The average molecular weight is 245 g/mol. The van der Waals surface area contributed by atoms with Crippen LogP contribution in [0.4, 0.5) is 13.2 Å². The molecular formula is C12H14F3NO. The van der Waals surface area contributed by atoms with Gasteiger partial charge in [0.05, 0.1) is 0 Å². The van der Waals surface area contributed by atoms with E-state index in [1.807, 2.05) is 36.5 Å². The van der Waals surface area contributed by atoms with E-state index >= 15 is 0 Å². The van der Waals surface area contributed by atoms with E-state index in [1.54, 1.807) is 0 Å². The number of alkyl halides is 3. The lowest BCUT2D eigenvalue weighted by Gasteiger charge is -2.08. The molecule has 94 valence electrons. The van der Waals surface area contributed by atoms with Gasteiger partial charge in [-0.05, 0) is 24.0 Å². The summed E-state index contributed by atoms with van der Waals surface area (Å²) in [5.41, 5.74) is 2.08. The maximum atomic E-state index is 11.9. The van der Waals surface area contributed by atoms with Crippen LogP contribution in [0.25, 0.3) is 0 Å². The van der Waals surface area contributed by atoms with Crippen LogP contribution in [0.15, 0.2) is 24.3 Å². The highest BCUT2D eigenvalue weighted by atomic mass is 19.4. The standard InChI is InChI=1S/C12H14F3NO/c1-2-9-3-5-10(6-4-9)7-8-16-11(17)12(13,14)15/h3-6H,2,7-8H2,1H3,(H,16,17). The Hall–Kier alpha value is -1.52. The van der Waals surface area contributed by atoms with Gasteiger partial charge in [0.2, 0.25) is 0 Å². The summed E-state index contributed by atoms with van der Waals surface area (Å²) in [4.78, 5) is 10.5. The molecule has 0 heterocycles. The fourth-order valence-corrected chi connectivity index (χ4v) is 1.36. The summed E-state index contributed by atoms with van der Waals surface area (Å²) >= 11 is 0. The van der Waals surface area contributed by atoms with Crippen LogP contribution in [-0.2, 0) is 17.6 Å². The van der Waals surface area contributed by atoms with Crippen molar-refractivity contribution in [3.8, 4) is 0 Å². The number of carbonyl (C=O) groups excluding carboxylic acids is 1. The zero-order valence-corrected chi connectivity index (χ0v) is 9.47. The van der Waals surface area contributed by atoms with Crippen LogP contribution in [0.5, 0.6) is 0 Å². The quantitative estimate of drug-likeness (QED) is 0.867. The average Bonchev–Trinajstić information content (AvgIpc) is 2.28. The largest absolute Gasteiger partial charge is 0.471 e. The summed E-state index contributed by atoms with van der Waals surface area (Å²) in [6, 6.07) is 7.58. The monoisotopic (exact) mass is 245 g/mol. The zero-order chi connectivity index (χ0) is 12.9. The number of benzene rings is 1. The predicted molar refractivity (Wildman–Crippen MR) is 58.6 cm³/mol. The summed E-state index contributed by atoms with van der Waals surface area (Å²) in [5.74, 6) is -1.89. The topological polar surface area (TPSA) is 29.1 Å². The van der Waals surface area contributed by atoms with Crippen LogP contribution < -0.4 is 5.32 Å². The molecule has 0 aliphatic carbocycles. The summed E-state index contributed by atoms with van der Waals surface area (Å²) in [7, 11) is 0. The SMILES string of the molecule is CCc1ccc(CCNC(=O)C(F)(F)F)cc1. The van der Waals surface area contributed by atoms with Crippen LogP contribution in [-0.4, -0.2) is 18.6 Å². The van der Waals surface area contributed by atoms with E-state index < -0.39 is 12.1 Å². The molecule has 1 aromatic rings. The third kappa shape index (κ3) is 4.46. The highest BCUT2D eigenvalue weighted by molar-refractivity contribution is 5.81. The van der Waals surface area contributed by atoms with E-state index in [0.717, 1.165) is 12.0 Å². The molecule has 0 unspecified atom stereocenters. The number of hydrogen-bond donors (Lipinski definition) is 1. The van der Waals surface area contributed by atoms with E-state index in [1.165, 1.54) is 5.56 Å². The van der Waals surface area contributed by atoms with Gasteiger partial charge in [-0.25, -0.2) is 0 Å². The first kappa shape index (κ1) is 13.5. The summed E-state index contributed by atoms with van der Waals surface area (Å²) < 4.78 is 35.6. The van der Waals surface area contributed by atoms with Gasteiger partial charge in [-0.3, -0.25) is 4.79 Å². The fraction of sp³-hybridized carbons (Fsp3) is 0.417. The lowest BCUT2D eigenvalue weighted by molar-refractivity contribution is -0.173. The van der Waals surface area contributed by atoms with Crippen molar-refractivity contribution in [2.45, 2.75) is 25.9 Å². The molecule has 0 radical (unpaired) electrons. The molecule has 1 N–H and O–H groups in total. The Labute approximate surface area is 97.8 Å². The minimum atomic E-state index is -4.80. The van der Waals surface area contributed by atoms with Gasteiger partial charge in [-0.1, -0.05) is 31.2 Å². The number of carbonyl (C=O) groups is 1. The molecule has 1 aromatic carbocycles. The molecule has 0 saturated carbocycles. The minimum Gasteiger partial charge on any atom is -0.348 e. The normalized spacial score (nSPS) is 11.3. The van der Waals surface area contributed by atoms with Gasteiger partial charge >= 0.3 is 12.1 Å². The molecule has 0 saturated heterocycles. The maximum Gasteiger partial charge on any atom is 0.471 e. The van der Waals surface area contributed by atoms with Crippen molar-refractivity contribution < 1.29 is 18.0 Å². The van der Waals surface area contributed by atoms with Crippen molar-refractivity contribution in [3.63, 3.8) is 0 Å². The zero-order valence-electron chi connectivity index (χ0n) is 9.47. The van der Waals surface area contributed by atoms with Crippen LogP contribution >= 0.6 is 0 Å². The molecule has 0 bridgehead atoms. The highest BCUT2D eigenvalue weighted by Gasteiger charge is 2.38. The summed E-state index contributed by atoms with van der Waals surface area (Å²) in [5, 5.41) is 1.84. The van der Waals surface area contributed by atoms with Crippen molar-refractivity contribution in [1.29, 1.82) is 0 Å². The Kier molecular flexibility index (Phi) is 4.54. The molecule has 0 atom stereocenters. The van der Waals surface area contributed by atoms with Crippen LogP contribution in [0.2, 0.25) is 0 Å². The number of rotatable bonds is 4. The Bertz CT molecular complexity index is 370. The summed E-state index contributed by atoms with van der Waals surface area (Å²) in [6.45, 7) is 2.02. The van der Waals surface area contributed by atoms with E-state index in [4.69, 9.17) is 0 Å². The predicted octanol–water partition coefficient (Wildman–Crippen LogP) is 2.47. The molecule has 0 fully saturated rings. The Balaban J connectivity index is 2.38. The van der Waals surface area contributed by atoms with Crippen molar-refractivity contribution in [3.05, 3.63) is 35.4 Å². The second-order valence-corrected chi connectivity index (χ2v) is 3.67. The lowest BCUT2D eigenvalue weighted by atomic mass is 10.1. The van der Waals surface area contributed by atoms with Crippen LogP contribution in [0.3, 0.4) is 0 Å². The molecule has 0 spiro atoms. The Morgan fingerprint density at radius 2 is 1.71 bits per heavy atom. The van der Waals surface area contributed by atoms with E-state index in [9.17, 15) is 18.0 Å². The second kappa shape index (κ2) is 5.70. The highest BCUT2D eigenvalue weighted by Crippen LogP contribution is 2.14. The van der Waals surface area contributed by atoms with E-state index in [2.05, 4.69) is 0 Å². The Morgan fingerprint density at radius 3 is 2.18 bits per heavy atom. The molecule has 0 aliphatic heterocycles. The van der Waals surface area contributed by atoms with Gasteiger partial charge in [0, 0.05) is 6.54 Å². The van der Waals surface area contributed by atoms with Gasteiger partial charge in [-0.2, -0.15) is 13.2 Å². The Morgan fingerprint density at radius 1 is 1.18 bits per heavy atom. The van der Waals surface area contributed by atoms with E-state index in [0.29, 0.717) is 6.42 Å². The van der Waals surface area contributed by atoms with Crippen LogP contribution in [0.1, 0.15) is 18.1 Å². The number of nitrogens with one attached hydrogen (secondary N) is 1. The molecule has 5 heteroatoms. The minimum absolute atomic E-state index is 0.0101. The first-order valence-electron chi connectivity index (χ1n) is 5.36. The molecule has 0 aliphatic rings. The first-order chi connectivity index (χ1) is 7.93. The third-order valence-electron chi connectivity index (χ3n) is 2.39. The van der Waals surface area contributed by atoms with Crippen LogP contribution in [0, 0.1) is 0 Å². The fourth-order valence-electron chi connectivity index (χ4n) is 1.36.